The van der Waals surface area contributed by atoms with Gasteiger partial charge in [-0.1, -0.05) is 54.1 Å². The number of nitrogens with zero attached hydrogens (tertiary/aromatic N) is 1. The molecule has 0 bridgehead atoms. The fraction of sp³-hybridized carbons (Fsp3) is 0.258. The van der Waals surface area contributed by atoms with Crippen LogP contribution in [0.15, 0.2) is 78.9 Å². The topological polar surface area (TPSA) is 91.3 Å². The van der Waals surface area contributed by atoms with Crippen molar-refractivity contribution in [1.29, 1.82) is 0 Å². The van der Waals surface area contributed by atoms with Crippen molar-refractivity contribution in [2.75, 3.05) is 5.75 Å². The van der Waals surface area contributed by atoms with Gasteiger partial charge >= 0.3 is 29.6 Å². The van der Waals surface area contributed by atoms with Crippen molar-refractivity contribution in [2.45, 2.75) is 44.6 Å². The van der Waals surface area contributed by atoms with Crippen molar-refractivity contribution in [3.63, 3.8) is 0 Å². The van der Waals surface area contributed by atoms with Gasteiger partial charge in [-0.05, 0) is 73.9 Å². The van der Waals surface area contributed by atoms with Crippen molar-refractivity contribution in [3.05, 3.63) is 106 Å². The summed E-state index contributed by atoms with van der Waals surface area (Å²) in [4.78, 5) is 28.6. The molecule has 1 amide bonds. The molecule has 9 heteroatoms. The number of hydrogen-bond acceptors (Lipinski definition) is 6. The van der Waals surface area contributed by atoms with Gasteiger partial charge in [-0.3, -0.25) is 4.79 Å². The van der Waals surface area contributed by atoms with Gasteiger partial charge in [0.05, 0.1) is 22.4 Å². The van der Waals surface area contributed by atoms with E-state index in [0.29, 0.717) is 22.9 Å². The van der Waals surface area contributed by atoms with E-state index in [-0.39, 0.29) is 58.4 Å². The van der Waals surface area contributed by atoms with Gasteiger partial charge in [-0.2, -0.15) is 0 Å². The first-order valence-electron chi connectivity index (χ1n) is 12.6. The number of hydrogen-bond donors (Lipinski definition) is 1. The number of aromatic nitrogens is 1. The molecular formula is C31H30ClN2NaO4S. The van der Waals surface area contributed by atoms with Gasteiger partial charge in [0.2, 0.25) is 5.91 Å². The van der Waals surface area contributed by atoms with E-state index in [1.807, 2.05) is 81.4 Å². The van der Waals surface area contributed by atoms with Crippen LogP contribution < -0.4 is 44.7 Å². The number of carboxylic acid groups (broad SMARTS) is 1. The summed E-state index contributed by atoms with van der Waals surface area (Å²) in [6.45, 7) is 6.11. The zero-order chi connectivity index (χ0) is 28.0. The molecular weight excluding hydrogens is 555 g/mol. The van der Waals surface area contributed by atoms with Crippen LogP contribution in [-0.2, 0) is 11.4 Å². The van der Waals surface area contributed by atoms with E-state index in [1.165, 1.54) is 6.07 Å². The third-order valence-electron chi connectivity index (χ3n) is 5.81. The average Bonchev–Trinajstić information content (AvgIpc) is 2.89. The number of pyridine rings is 1. The van der Waals surface area contributed by atoms with Gasteiger partial charge in [-0.25, -0.2) is 4.98 Å². The molecule has 0 saturated heterocycles. The Kier molecular flexibility index (Phi) is 11.5. The van der Waals surface area contributed by atoms with Crippen LogP contribution in [-0.4, -0.2) is 28.2 Å². The zero-order valence-corrected chi connectivity index (χ0v) is 26.6. The number of halogens is 1. The second-order valence-corrected chi connectivity index (χ2v) is 11.9. The van der Waals surface area contributed by atoms with E-state index < -0.39 is 5.97 Å². The molecule has 0 saturated carbocycles. The first-order valence-corrected chi connectivity index (χ1v) is 14.0. The van der Waals surface area contributed by atoms with Crippen LogP contribution >= 0.6 is 23.4 Å². The van der Waals surface area contributed by atoms with E-state index in [9.17, 15) is 14.7 Å². The molecule has 202 valence electrons. The zero-order valence-electron chi connectivity index (χ0n) is 23.1. The molecule has 0 aliphatic heterocycles. The molecule has 1 unspecified atom stereocenters. The first kappa shape index (κ1) is 32.0. The van der Waals surface area contributed by atoms with Gasteiger partial charge in [0.25, 0.3) is 0 Å². The molecule has 0 fully saturated rings. The van der Waals surface area contributed by atoms with E-state index >= 15 is 0 Å². The fourth-order valence-electron chi connectivity index (χ4n) is 4.10. The number of carboxylic acids is 1. The monoisotopic (exact) mass is 584 g/mol. The molecule has 3 aromatic carbocycles. The SMILES string of the molecule is CC(C)(C)NC(=O)CCSC(c1cccc(OCc2ccc3ccc(Cl)cc3n2)c1)c1cccc(C(=O)[O-])c1.[Na+]. The summed E-state index contributed by atoms with van der Waals surface area (Å²) in [6, 6.07) is 23.9. The number of carbonyl (C=O) groups excluding carboxylic acids is 2. The number of benzene rings is 3. The van der Waals surface area contributed by atoms with Crippen LogP contribution in [0.4, 0.5) is 0 Å². The quantitative estimate of drug-likeness (QED) is 0.288. The van der Waals surface area contributed by atoms with Gasteiger partial charge in [0.1, 0.15) is 12.4 Å². The number of amides is 1. The van der Waals surface area contributed by atoms with E-state index in [4.69, 9.17) is 16.3 Å². The largest absolute Gasteiger partial charge is 1.00 e. The summed E-state index contributed by atoms with van der Waals surface area (Å²) in [5, 5.41) is 15.9. The molecule has 0 aliphatic carbocycles. The summed E-state index contributed by atoms with van der Waals surface area (Å²) >= 11 is 7.69. The summed E-state index contributed by atoms with van der Waals surface area (Å²) in [6.07, 6.45) is 0.340. The van der Waals surface area contributed by atoms with Crippen LogP contribution in [0.25, 0.3) is 10.9 Å². The number of rotatable bonds is 10. The van der Waals surface area contributed by atoms with Gasteiger partial charge in [0.15, 0.2) is 0 Å². The minimum atomic E-state index is -1.23. The Morgan fingerprint density at radius 3 is 2.42 bits per heavy atom. The maximum absolute atomic E-state index is 12.4. The van der Waals surface area contributed by atoms with E-state index in [1.54, 1.807) is 23.9 Å². The Labute approximate surface area is 266 Å². The first-order chi connectivity index (χ1) is 18.6. The predicted octanol–water partition coefficient (Wildman–Crippen LogP) is 2.96. The van der Waals surface area contributed by atoms with Crippen molar-refractivity contribution in [2.24, 2.45) is 0 Å². The minimum absolute atomic E-state index is 0. The van der Waals surface area contributed by atoms with Crippen molar-refractivity contribution in [3.8, 4) is 5.75 Å². The van der Waals surface area contributed by atoms with Crippen molar-refractivity contribution >= 4 is 46.1 Å². The Morgan fingerprint density at radius 1 is 1.00 bits per heavy atom. The molecule has 4 aromatic rings. The third kappa shape index (κ3) is 9.25. The number of ether oxygens (including phenoxy) is 1. The molecule has 0 radical (unpaired) electrons. The molecule has 1 heterocycles. The van der Waals surface area contributed by atoms with Crippen LogP contribution in [0.2, 0.25) is 5.02 Å². The Hall–Kier alpha value is -2.55. The van der Waals surface area contributed by atoms with E-state index in [2.05, 4.69) is 10.3 Å². The number of aromatic carboxylic acids is 1. The molecule has 0 aliphatic rings. The number of nitrogens with one attached hydrogen (secondary N) is 1. The Bertz CT molecular complexity index is 1490. The maximum atomic E-state index is 12.4. The minimum Gasteiger partial charge on any atom is -0.545 e. The smallest absolute Gasteiger partial charge is 0.545 e. The summed E-state index contributed by atoms with van der Waals surface area (Å²) in [7, 11) is 0. The van der Waals surface area contributed by atoms with Gasteiger partial charge in [0, 0.05) is 28.1 Å². The van der Waals surface area contributed by atoms with E-state index in [0.717, 1.165) is 27.7 Å². The van der Waals surface area contributed by atoms with Gasteiger partial charge < -0.3 is 20.0 Å². The van der Waals surface area contributed by atoms with Crippen LogP contribution in [0, 0.1) is 0 Å². The fourth-order valence-corrected chi connectivity index (χ4v) is 5.48. The number of fused-ring (bicyclic) bond motifs is 1. The van der Waals surface area contributed by atoms with Crippen molar-refractivity contribution in [1.82, 2.24) is 10.3 Å². The number of thioether (sulfide) groups is 1. The molecule has 0 spiro atoms. The number of carbonyl (C=O) groups is 2. The summed E-state index contributed by atoms with van der Waals surface area (Å²) in [5.41, 5.74) is 3.12. The standard InChI is InChI=1S/C31H31ClN2O4S.Na/c1-31(2,3)34-28(35)14-15-39-29(21-6-4-8-23(16-21)30(36)37)22-7-5-9-26(17-22)38-19-25-13-11-20-10-12-24(32)18-27(20)33-25;/h4-13,16-18,29H,14-15,19H2,1-3H3,(H,34,35)(H,36,37);/q;+1/p-1. The molecule has 1 aromatic heterocycles. The van der Waals surface area contributed by atoms with Crippen LogP contribution in [0.1, 0.15) is 59.6 Å². The van der Waals surface area contributed by atoms with Gasteiger partial charge in [-0.15, -0.1) is 11.8 Å². The second kappa shape index (κ2) is 14.4. The third-order valence-corrected chi connectivity index (χ3v) is 7.37. The van der Waals surface area contributed by atoms with Crippen molar-refractivity contribution < 1.29 is 49.0 Å². The molecule has 1 atom stereocenters. The molecule has 40 heavy (non-hydrogen) atoms. The molecule has 6 nitrogen and oxygen atoms in total. The second-order valence-electron chi connectivity index (χ2n) is 10.2. The molecule has 1 N–H and O–H groups in total. The van der Waals surface area contributed by atoms with Crippen LogP contribution in [0.5, 0.6) is 5.75 Å². The average molecular weight is 585 g/mol. The van der Waals surface area contributed by atoms with Crippen LogP contribution in [0.3, 0.4) is 0 Å². The Balaban J connectivity index is 0.00000441. The Morgan fingerprint density at radius 2 is 1.70 bits per heavy atom. The predicted molar refractivity (Wildman–Crippen MR) is 155 cm³/mol. The normalized spacial score (nSPS) is 11.9. The maximum Gasteiger partial charge on any atom is 1.00 e. The summed E-state index contributed by atoms with van der Waals surface area (Å²) in [5.74, 6) is -0.0471. The summed E-state index contributed by atoms with van der Waals surface area (Å²) < 4.78 is 6.08. The molecule has 4 rings (SSSR count).